The molecule has 0 fully saturated rings. The van der Waals surface area contributed by atoms with Crippen LogP contribution in [-0.2, 0) is 6.42 Å². The summed E-state index contributed by atoms with van der Waals surface area (Å²) in [6.07, 6.45) is 2.28. The monoisotopic (exact) mass is 350 g/mol. The molecule has 5 nitrogen and oxygen atoms in total. The maximum Gasteiger partial charge on any atom is 0.181 e. The summed E-state index contributed by atoms with van der Waals surface area (Å²) in [5.74, 6) is 0. The zero-order valence-electron chi connectivity index (χ0n) is 14.3. The Morgan fingerprint density at radius 3 is 2.63 bits per heavy atom. The number of para-hydroxylation sites is 1. The number of aromatic amines is 1. The lowest BCUT2D eigenvalue weighted by Gasteiger charge is -2.04. The molecule has 5 heteroatoms. The van der Waals surface area contributed by atoms with E-state index in [1.165, 1.54) is 17.5 Å². The summed E-state index contributed by atoms with van der Waals surface area (Å²) in [7, 11) is 0. The van der Waals surface area contributed by atoms with Crippen LogP contribution in [0.1, 0.15) is 11.1 Å². The van der Waals surface area contributed by atoms with Gasteiger partial charge in [0.25, 0.3) is 0 Å². The minimum Gasteiger partial charge on any atom is -0.443 e. The fraction of sp³-hybridized carbons (Fsp3) is 0.0455. The van der Waals surface area contributed by atoms with Crippen molar-refractivity contribution in [2.45, 2.75) is 6.42 Å². The molecule has 0 spiro atoms. The number of nitrogens with one attached hydrogen (secondary N) is 1. The smallest absolute Gasteiger partial charge is 0.181 e. The first-order valence-electron chi connectivity index (χ1n) is 8.83. The molecule has 0 aliphatic rings. The van der Waals surface area contributed by atoms with Gasteiger partial charge >= 0.3 is 0 Å². The average Bonchev–Trinajstić information content (AvgIpc) is 3.30. The highest BCUT2D eigenvalue weighted by Crippen LogP contribution is 2.25. The Kier molecular flexibility index (Phi) is 2.88. The molecule has 0 saturated heterocycles. The summed E-state index contributed by atoms with van der Waals surface area (Å²) >= 11 is 0. The molecule has 0 aliphatic carbocycles. The molecule has 3 aromatic carbocycles. The van der Waals surface area contributed by atoms with Crippen LogP contribution in [0.15, 0.2) is 71.5 Å². The number of oxazole rings is 1. The third-order valence-corrected chi connectivity index (χ3v) is 4.97. The Balaban J connectivity index is 1.47. The van der Waals surface area contributed by atoms with Crippen molar-refractivity contribution in [3.8, 4) is 0 Å². The molecule has 0 saturated carbocycles. The normalized spacial score (nSPS) is 11.9. The van der Waals surface area contributed by atoms with Gasteiger partial charge in [-0.05, 0) is 47.9 Å². The standard InChI is InChI=1S/C22H14N4O/c1-2-4-16-15(3-1)21-22(25-16)26-17-7-5-13(10-19(17)24-21)9-14-6-8-18-20(11-14)27-12-23-18/h1-8,10-12H,9H2,(H,25,26). The molecule has 0 radical (unpaired) electrons. The van der Waals surface area contributed by atoms with Gasteiger partial charge in [0.15, 0.2) is 17.6 Å². The maximum atomic E-state index is 5.41. The molecule has 0 amide bonds. The van der Waals surface area contributed by atoms with Gasteiger partial charge < -0.3 is 9.40 Å². The predicted octanol–water partition coefficient (Wildman–Crippen LogP) is 5.00. The van der Waals surface area contributed by atoms with Crippen molar-refractivity contribution in [2.75, 3.05) is 0 Å². The van der Waals surface area contributed by atoms with Crippen LogP contribution in [-0.4, -0.2) is 19.9 Å². The Morgan fingerprint density at radius 1 is 0.815 bits per heavy atom. The van der Waals surface area contributed by atoms with Gasteiger partial charge in [0.2, 0.25) is 0 Å². The number of nitrogens with zero attached hydrogens (tertiary/aromatic N) is 3. The van der Waals surface area contributed by atoms with E-state index >= 15 is 0 Å². The number of hydrogen-bond acceptors (Lipinski definition) is 4. The average molecular weight is 350 g/mol. The van der Waals surface area contributed by atoms with E-state index in [0.717, 1.165) is 50.6 Å². The number of benzene rings is 3. The molecule has 0 atom stereocenters. The molecule has 0 bridgehead atoms. The SMILES string of the molecule is c1ccc2c(c1)[nH]c1nc3ccc(Cc4ccc5ncoc5c4)cc3nc12. The summed E-state index contributed by atoms with van der Waals surface area (Å²) in [6, 6.07) is 20.5. The first-order chi connectivity index (χ1) is 13.3. The van der Waals surface area contributed by atoms with E-state index in [1.54, 1.807) is 0 Å². The van der Waals surface area contributed by atoms with Crippen molar-refractivity contribution in [3.05, 3.63) is 78.2 Å². The molecule has 0 unspecified atom stereocenters. The van der Waals surface area contributed by atoms with Crippen molar-refractivity contribution < 1.29 is 4.42 Å². The van der Waals surface area contributed by atoms with E-state index in [0.29, 0.717) is 0 Å². The summed E-state index contributed by atoms with van der Waals surface area (Å²) in [4.78, 5) is 17.2. The fourth-order valence-corrected chi connectivity index (χ4v) is 3.66. The van der Waals surface area contributed by atoms with Crippen molar-refractivity contribution in [1.82, 2.24) is 19.9 Å². The summed E-state index contributed by atoms with van der Waals surface area (Å²) in [5.41, 5.74) is 8.66. The predicted molar refractivity (Wildman–Crippen MR) is 106 cm³/mol. The van der Waals surface area contributed by atoms with Crippen LogP contribution in [0.3, 0.4) is 0 Å². The second-order valence-electron chi connectivity index (χ2n) is 6.75. The zero-order valence-corrected chi connectivity index (χ0v) is 14.3. The van der Waals surface area contributed by atoms with Gasteiger partial charge in [0.05, 0.1) is 11.0 Å². The Labute approximate surface area is 153 Å². The molecule has 3 heterocycles. The van der Waals surface area contributed by atoms with Gasteiger partial charge in [0.1, 0.15) is 11.0 Å². The Bertz CT molecular complexity index is 1460. The van der Waals surface area contributed by atoms with Gasteiger partial charge in [-0.2, -0.15) is 0 Å². The molecule has 6 aromatic rings. The number of rotatable bonds is 2. The Hall–Kier alpha value is -3.73. The highest BCUT2D eigenvalue weighted by Gasteiger charge is 2.09. The van der Waals surface area contributed by atoms with Crippen LogP contribution in [0.2, 0.25) is 0 Å². The van der Waals surface area contributed by atoms with Gasteiger partial charge in [-0.3, -0.25) is 0 Å². The van der Waals surface area contributed by atoms with Crippen LogP contribution >= 0.6 is 0 Å². The highest BCUT2D eigenvalue weighted by molar-refractivity contribution is 6.05. The summed E-state index contributed by atoms with van der Waals surface area (Å²) < 4.78 is 5.41. The van der Waals surface area contributed by atoms with Crippen LogP contribution in [0, 0.1) is 0 Å². The van der Waals surface area contributed by atoms with Crippen LogP contribution in [0.5, 0.6) is 0 Å². The Morgan fingerprint density at radius 2 is 1.67 bits per heavy atom. The molecular formula is C22H14N4O. The van der Waals surface area contributed by atoms with Crippen molar-refractivity contribution >= 4 is 44.2 Å². The van der Waals surface area contributed by atoms with Crippen LogP contribution in [0.25, 0.3) is 44.2 Å². The van der Waals surface area contributed by atoms with Crippen LogP contribution < -0.4 is 0 Å². The van der Waals surface area contributed by atoms with Gasteiger partial charge in [0, 0.05) is 10.9 Å². The summed E-state index contributed by atoms with van der Waals surface area (Å²) in [5, 5.41) is 1.10. The van der Waals surface area contributed by atoms with E-state index in [9.17, 15) is 0 Å². The third-order valence-electron chi connectivity index (χ3n) is 4.97. The van der Waals surface area contributed by atoms with E-state index in [2.05, 4.69) is 40.3 Å². The molecular weight excluding hydrogens is 336 g/mol. The lowest BCUT2D eigenvalue weighted by molar-refractivity contribution is 0.602. The zero-order chi connectivity index (χ0) is 17.8. The van der Waals surface area contributed by atoms with Crippen molar-refractivity contribution in [3.63, 3.8) is 0 Å². The van der Waals surface area contributed by atoms with E-state index in [1.807, 2.05) is 30.3 Å². The third kappa shape index (κ3) is 2.29. The minimum atomic E-state index is 0.806. The van der Waals surface area contributed by atoms with Gasteiger partial charge in [-0.1, -0.05) is 30.3 Å². The number of hydrogen-bond donors (Lipinski definition) is 1. The molecule has 6 rings (SSSR count). The molecule has 128 valence electrons. The largest absolute Gasteiger partial charge is 0.443 e. The van der Waals surface area contributed by atoms with Crippen molar-refractivity contribution in [1.29, 1.82) is 0 Å². The van der Waals surface area contributed by atoms with E-state index < -0.39 is 0 Å². The topological polar surface area (TPSA) is 67.6 Å². The molecule has 1 N–H and O–H groups in total. The first-order valence-corrected chi connectivity index (χ1v) is 8.83. The van der Waals surface area contributed by atoms with E-state index in [4.69, 9.17) is 14.4 Å². The fourth-order valence-electron chi connectivity index (χ4n) is 3.66. The highest BCUT2D eigenvalue weighted by atomic mass is 16.3. The maximum absolute atomic E-state index is 5.41. The second-order valence-corrected chi connectivity index (χ2v) is 6.75. The van der Waals surface area contributed by atoms with Gasteiger partial charge in [-0.25, -0.2) is 15.0 Å². The second kappa shape index (κ2) is 5.38. The number of H-pyrrole nitrogens is 1. The quantitative estimate of drug-likeness (QED) is 0.477. The molecule has 0 aliphatic heterocycles. The van der Waals surface area contributed by atoms with Crippen LogP contribution in [0.4, 0.5) is 0 Å². The van der Waals surface area contributed by atoms with Crippen molar-refractivity contribution in [2.24, 2.45) is 0 Å². The number of aromatic nitrogens is 4. The first kappa shape index (κ1) is 14.4. The number of fused-ring (bicyclic) bond motifs is 5. The van der Waals surface area contributed by atoms with E-state index in [-0.39, 0.29) is 0 Å². The minimum absolute atomic E-state index is 0.806. The van der Waals surface area contributed by atoms with Gasteiger partial charge in [-0.15, -0.1) is 0 Å². The lowest BCUT2D eigenvalue weighted by Crippen LogP contribution is -1.91. The molecule has 3 aromatic heterocycles. The lowest BCUT2D eigenvalue weighted by atomic mass is 10.0. The summed E-state index contributed by atoms with van der Waals surface area (Å²) in [6.45, 7) is 0. The molecule has 27 heavy (non-hydrogen) atoms.